The number of phenolic OH excluding ortho intramolecular Hbond substituents is 1. The molecule has 0 fully saturated rings. The highest BCUT2D eigenvalue weighted by Crippen LogP contribution is 2.15. The highest BCUT2D eigenvalue weighted by atomic mass is 16.6. The summed E-state index contributed by atoms with van der Waals surface area (Å²) < 4.78 is 22.0. The number of hydrogen-bond donors (Lipinski definition) is 1. The third-order valence-electron chi connectivity index (χ3n) is 4.47. The summed E-state index contributed by atoms with van der Waals surface area (Å²) in [4.78, 5) is 0. The molecule has 0 aromatic heterocycles. The van der Waals surface area contributed by atoms with Crippen molar-refractivity contribution < 1.29 is 24.1 Å². The Balaban J connectivity index is 1.70. The Kier molecular flexibility index (Phi) is 16.8. The van der Waals surface area contributed by atoms with Crippen molar-refractivity contribution in [2.24, 2.45) is 0 Å². The van der Waals surface area contributed by atoms with Gasteiger partial charge >= 0.3 is 0 Å². The summed E-state index contributed by atoms with van der Waals surface area (Å²) in [5.74, 6) is 0.958. The van der Waals surface area contributed by atoms with Crippen molar-refractivity contribution in [3.05, 3.63) is 24.3 Å². The lowest BCUT2D eigenvalue weighted by Gasteiger charge is -2.08. The van der Waals surface area contributed by atoms with Gasteiger partial charge in [0.25, 0.3) is 0 Å². The minimum Gasteiger partial charge on any atom is -0.508 e. The first-order valence-corrected chi connectivity index (χ1v) is 11.0. The van der Waals surface area contributed by atoms with Crippen LogP contribution < -0.4 is 4.74 Å². The number of unbranched alkanes of at least 4 members (excludes halogenated alkanes) is 8. The second-order valence-corrected chi connectivity index (χ2v) is 7.01. The van der Waals surface area contributed by atoms with Gasteiger partial charge in [-0.05, 0) is 30.7 Å². The molecule has 0 aliphatic carbocycles. The molecule has 0 spiro atoms. The van der Waals surface area contributed by atoms with Gasteiger partial charge in [0.2, 0.25) is 0 Å². The molecule has 28 heavy (non-hydrogen) atoms. The SMILES string of the molecule is CCCCCCCCCCCOCCOCCOCCOc1ccc(O)cc1. The summed E-state index contributed by atoms with van der Waals surface area (Å²) in [6.07, 6.45) is 12.0. The zero-order valence-electron chi connectivity index (χ0n) is 17.7. The molecule has 0 aliphatic rings. The topological polar surface area (TPSA) is 57.2 Å². The quantitative estimate of drug-likeness (QED) is 0.301. The largest absolute Gasteiger partial charge is 0.508 e. The third-order valence-corrected chi connectivity index (χ3v) is 4.47. The molecule has 1 aromatic carbocycles. The molecule has 1 aromatic rings. The van der Waals surface area contributed by atoms with Gasteiger partial charge in [0, 0.05) is 6.61 Å². The maximum absolute atomic E-state index is 9.19. The van der Waals surface area contributed by atoms with Crippen molar-refractivity contribution in [1.29, 1.82) is 0 Å². The fourth-order valence-electron chi connectivity index (χ4n) is 2.82. The molecule has 0 radical (unpaired) electrons. The zero-order valence-corrected chi connectivity index (χ0v) is 17.7. The van der Waals surface area contributed by atoms with Gasteiger partial charge in [0.05, 0.1) is 33.0 Å². The molecule has 0 bridgehead atoms. The Hall–Kier alpha value is -1.30. The fraction of sp³-hybridized carbons (Fsp3) is 0.739. The molecular formula is C23H40O5. The monoisotopic (exact) mass is 396 g/mol. The first-order valence-electron chi connectivity index (χ1n) is 11.0. The molecule has 1 rings (SSSR count). The molecule has 5 nitrogen and oxygen atoms in total. The summed E-state index contributed by atoms with van der Waals surface area (Å²) in [6, 6.07) is 6.66. The van der Waals surface area contributed by atoms with Crippen LogP contribution in [0.15, 0.2) is 24.3 Å². The number of hydrogen-bond acceptors (Lipinski definition) is 5. The van der Waals surface area contributed by atoms with Gasteiger partial charge in [0.15, 0.2) is 0 Å². The van der Waals surface area contributed by atoms with E-state index in [1.807, 2.05) is 0 Å². The average molecular weight is 397 g/mol. The number of benzene rings is 1. The molecule has 0 aliphatic heterocycles. The lowest BCUT2D eigenvalue weighted by atomic mass is 10.1. The van der Waals surface area contributed by atoms with Crippen LogP contribution in [0.25, 0.3) is 0 Å². The van der Waals surface area contributed by atoms with Crippen LogP contribution >= 0.6 is 0 Å². The highest BCUT2D eigenvalue weighted by Gasteiger charge is 1.96. The van der Waals surface area contributed by atoms with Crippen LogP contribution in [0.4, 0.5) is 0 Å². The van der Waals surface area contributed by atoms with Crippen molar-refractivity contribution in [3.63, 3.8) is 0 Å². The van der Waals surface area contributed by atoms with Crippen LogP contribution in [-0.4, -0.2) is 51.4 Å². The van der Waals surface area contributed by atoms with Gasteiger partial charge in [0.1, 0.15) is 18.1 Å². The Labute approximate surface area is 171 Å². The molecule has 0 heterocycles. The molecule has 0 amide bonds. The maximum Gasteiger partial charge on any atom is 0.119 e. The van der Waals surface area contributed by atoms with Crippen molar-refractivity contribution in [2.45, 2.75) is 64.7 Å². The van der Waals surface area contributed by atoms with E-state index in [9.17, 15) is 5.11 Å². The standard InChI is InChI=1S/C23H40O5/c1-2-3-4-5-6-7-8-9-10-15-25-16-17-26-18-19-27-20-21-28-23-13-11-22(24)12-14-23/h11-14,24H,2-10,15-21H2,1H3. The predicted molar refractivity (Wildman–Crippen MR) is 113 cm³/mol. The van der Waals surface area contributed by atoms with E-state index >= 15 is 0 Å². The van der Waals surface area contributed by atoms with Gasteiger partial charge in [-0.25, -0.2) is 0 Å². The van der Waals surface area contributed by atoms with Gasteiger partial charge < -0.3 is 24.1 Å². The van der Waals surface area contributed by atoms with Gasteiger partial charge in [-0.2, -0.15) is 0 Å². The van der Waals surface area contributed by atoms with Crippen LogP contribution in [0.3, 0.4) is 0 Å². The van der Waals surface area contributed by atoms with E-state index in [4.69, 9.17) is 18.9 Å². The summed E-state index contributed by atoms with van der Waals surface area (Å²) >= 11 is 0. The van der Waals surface area contributed by atoms with E-state index in [0.717, 1.165) is 18.8 Å². The Morgan fingerprint density at radius 2 is 1.04 bits per heavy atom. The molecule has 1 N–H and O–H groups in total. The van der Waals surface area contributed by atoms with Crippen LogP contribution in [-0.2, 0) is 14.2 Å². The molecule has 162 valence electrons. The smallest absolute Gasteiger partial charge is 0.119 e. The van der Waals surface area contributed by atoms with E-state index in [2.05, 4.69) is 6.92 Å². The molecular weight excluding hydrogens is 356 g/mol. The van der Waals surface area contributed by atoms with Crippen molar-refractivity contribution >= 4 is 0 Å². The number of phenols is 1. The first-order chi connectivity index (χ1) is 13.8. The second-order valence-electron chi connectivity index (χ2n) is 7.01. The van der Waals surface area contributed by atoms with E-state index in [-0.39, 0.29) is 5.75 Å². The minimum atomic E-state index is 0.234. The molecule has 0 atom stereocenters. The lowest BCUT2D eigenvalue weighted by molar-refractivity contribution is 0.00878. The Morgan fingerprint density at radius 3 is 1.61 bits per heavy atom. The number of ether oxygens (including phenoxy) is 4. The van der Waals surface area contributed by atoms with Crippen LogP contribution in [0.2, 0.25) is 0 Å². The van der Waals surface area contributed by atoms with E-state index in [1.165, 1.54) is 51.4 Å². The zero-order chi connectivity index (χ0) is 20.1. The van der Waals surface area contributed by atoms with E-state index in [0.29, 0.717) is 39.6 Å². The third kappa shape index (κ3) is 15.7. The van der Waals surface area contributed by atoms with Gasteiger partial charge in [-0.3, -0.25) is 0 Å². The van der Waals surface area contributed by atoms with Crippen molar-refractivity contribution in [2.75, 3.05) is 46.2 Å². The van der Waals surface area contributed by atoms with Gasteiger partial charge in [-0.15, -0.1) is 0 Å². The molecule has 0 saturated carbocycles. The minimum absolute atomic E-state index is 0.234. The molecule has 0 unspecified atom stereocenters. The fourth-order valence-corrected chi connectivity index (χ4v) is 2.82. The summed E-state index contributed by atoms with van der Waals surface area (Å²) in [5, 5.41) is 9.19. The summed E-state index contributed by atoms with van der Waals surface area (Å²) in [5.41, 5.74) is 0. The average Bonchev–Trinajstić information content (AvgIpc) is 2.71. The second kappa shape index (κ2) is 19.0. The first kappa shape index (κ1) is 24.7. The predicted octanol–water partition coefficient (Wildman–Crippen LogP) is 5.35. The Morgan fingerprint density at radius 1 is 0.571 bits per heavy atom. The maximum atomic E-state index is 9.19. The highest BCUT2D eigenvalue weighted by molar-refractivity contribution is 5.29. The van der Waals surface area contributed by atoms with Crippen LogP contribution in [0.1, 0.15) is 64.7 Å². The van der Waals surface area contributed by atoms with E-state index in [1.54, 1.807) is 24.3 Å². The van der Waals surface area contributed by atoms with Crippen LogP contribution in [0, 0.1) is 0 Å². The van der Waals surface area contributed by atoms with Crippen molar-refractivity contribution in [3.8, 4) is 11.5 Å². The van der Waals surface area contributed by atoms with Crippen LogP contribution in [0.5, 0.6) is 11.5 Å². The van der Waals surface area contributed by atoms with E-state index < -0.39 is 0 Å². The molecule has 0 saturated heterocycles. The lowest BCUT2D eigenvalue weighted by Crippen LogP contribution is -2.12. The summed E-state index contributed by atoms with van der Waals surface area (Å²) in [7, 11) is 0. The summed E-state index contributed by atoms with van der Waals surface area (Å²) in [6.45, 7) is 6.48. The normalized spacial score (nSPS) is 11.0. The van der Waals surface area contributed by atoms with Crippen molar-refractivity contribution in [1.82, 2.24) is 0 Å². The molecule has 5 heteroatoms. The Bertz CT molecular complexity index is 435. The van der Waals surface area contributed by atoms with Gasteiger partial charge in [-0.1, -0.05) is 58.3 Å². The number of rotatable bonds is 20. The number of aromatic hydroxyl groups is 1.